The van der Waals surface area contributed by atoms with Crippen molar-refractivity contribution in [3.05, 3.63) is 29.3 Å². The lowest BCUT2D eigenvalue weighted by molar-refractivity contribution is -0.143. The van der Waals surface area contributed by atoms with Gasteiger partial charge in [-0.2, -0.15) is 26.3 Å². The molecule has 0 bridgehead atoms. The smallest absolute Gasteiger partial charge is 0.366 e. The third-order valence-electron chi connectivity index (χ3n) is 3.39. The molecule has 2 N–H and O–H groups in total. The van der Waals surface area contributed by atoms with Gasteiger partial charge in [0.25, 0.3) is 5.91 Å². The standard InChI is InChI=1S/C13H13F6N3O/c14-12(15,16)6-21-3-4-22(7-21)10-5-8(13(17,18)19)1-2-9(10)11(20)23/h1-2,5H,3-4,6-7H2,(H2,20,23). The first kappa shape index (κ1) is 17.4. The molecular formula is C13H13F6N3O. The molecule has 1 aromatic rings. The molecule has 0 saturated carbocycles. The highest BCUT2D eigenvalue weighted by Crippen LogP contribution is 2.34. The number of alkyl halides is 6. The van der Waals surface area contributed by atoms with E-state index in [1.807, 2.05) is 0 Å². The van der Waals surface area contributed by atoms with E-state index in [4.69, 9.17) is 5.73 Å². The van der Waals surface area contributed by atoms with Crippen LogP contribution >= 0.6 is 0 Å². The van der Waals surface area contributed by atoms with Gasteiger partial charge in [0.2, 0.25) is 0 Å². The second kappa shape index (κ2) is 5.91. The molecule has 128 valence electrons. The molecule has 10 heteroatoms. The molecule has 0 aromatic heterocycles. The summed E-state index contributed by atoms with van der Waals surface area (Å²) in [5.74, 6) is -0.942. The fourth-order valence-electron chi connectivity index (χ4n) is 2.40. The van der Waals surface area contributed by atoms with Crippen molar-refractivity contribution in [1.29, 1.82) is 0 Å². The van der Waals surface area contributed by atoms with Crippen molar-refractivity contribution in [2.24, 2.45) is 5.73 Å². The molecule has 1 amide bonds. The number of carbonyl (C=O) groups is 1. The lowest BCUT2D eigenvalue weighted by Crippen LogP contribution is -2.34. The van der Waals surface area contributed by atoms with E-state index in [-0.39, 0.29) is 31.0 Å². The normalized spacial score (nSPS) is 16.9. The quantitative estimate of drug-likeness (QED) is 0.860. The van der Waals surface area contributed by atoms with Crippen LogP contribution in [0.5, 0.6) is 0 Å². The van der Waals surface area contributed by atoms with Crippen molar-refractivity contribution in [1.82, 2.24) is 4.90 Å². The molecule has 1 aromatic carbocycles. The summed E-state index contributed by atoms with van der Waals surface area (Å²) in [5, 5.41) is 0. The molecule has 1 aliphatic rings. The number of nitrogens with two attached hydrogens (primary N) is 1. The van der Waals surface area contributed by atoms with Gasteiger partial charge in [-0.1, -0.05) is 0 Å². The highest BCUT2D eigenvalue weighted by Gasteiger charge is 2.36. The van der Waals surface area contributed by atoms with Gasteiger partial charge in [0.1, 0.15) is 0 Å². The van der Waals surface area contributed by atoms with E-state index in [9.17, 15) is 31.1 Å². The lowest BCUT2D eigenvalue weighted by atomic mass is 10.1. The van der Waals surface area contributed by atoms with Crippen LogP contribution in [0.4, 0.5) is 32.0 Å². The van der Waals surface area contributed by atoms with Crippen LogP contribution < -0.4 is 10.6 Å². The molecule has 0 atom stereocenters. The van der Waals surface area contributed by atoms with Gasteiger partial charge in [0, 0.05) is 13.1 Å². The minimum atomic E-state index is -4.63. The van der Waals surface area contributed by atoms with Crippen molar-refractivity contribution >= 4 is 11.6 Å². The van der Waals surface area contributed by atoms with Crippen molar-refractivity contribution in [2.75, 3.05) is 31.2 Å². The Hall–Kier alpha value is -1.97. The lowest BCUT2D eigenvalue weighted by Gasteiger charge is -2.23. The topological polar surface area (TPSA) is 49.6 Å². The van der Waals surface area contributed by atoms with Gasteiger partial charge in [-0.05, 0) is 18.2 Å². The summed E-state index contributed by atoms with van der Waals surface area (Å²) >= 11 is 0. The second-order valence-corrected chi connectivity index (χ2v) is 5.17. The average Bonchev–Trinajstić information content (AvgIpc) is 2.82. The summed E-state index contributed by atoms with van der Waals surface area (Å²) in [6.07, 6.45) is -9.04. The molecule has 0 aliphatic carbocycles. The van der Waals surface area contributed by atoms with Crippen molar-refractivity contribution in [3.8, 4) is 0 Å². The van der Waals surface area contributed by atoms with Crippen molar-refractivity contribution in [2.45, 2.75) is 12.4 Å². The third kappa shape index (κ3) is 4.27. The Labute approximate surface area is 127 Å². The van der Waals surface area contributed by atoms with Crippen LogP contribution in [-0.4, -0.2) is 43.3 Å². The molecule has 0 unspecified atom stereocenters. The number of nitrogens with zero attached hydrogens (tertiary/aromatic N) is 2. The van der Waals surface area contributed by atoms with Crippen LogP contribution in [0.15, 0.2) is 18.2 Å². The Kier molecular flexibility index (Phi) is 4.47. The number of rotatable bonds is 3. The van der Waals surface area contributed by atoms with E-state index >= 15 is 0 Å². The Morgan fingerprint density at radius 2 is 1.78 bits per heavy atom. The van der Waals surface area contributed by atoms with E-state index in [1.165, 1.54) is 4.90 Å². The molecule has 1 fully saturated rings. The van der Waals surface area contributed by atoms with E-state index in [0.29, 0.717) is 6.07 Å². The van der Waals surface area contributed by atoms with Gasteiger partial charge in [-0.3, -0.25) is 9.69 Å². The van der Waals surface area contributed by atoms with E-state index in [2.05, 4.69) is 0 Å². The van der Waals surface area contributed by atoms with Crippen LogP contribution in [0.1, 0.15) is 15.9 Å². The number of benzene rings is 1. The van der Waals surface area contributed by atoms with Gasteiger partial charge in [-0.25, -0.2) is 0 Å². The molecule has 1 heterocycles. The van der Waals surface area contributed by atoms with Gasteiger partial charge in [-0.15, -0.1) is 0 Å². The Morgan fingerprint density at radius 3 is 2.30 bits per heavy atom. The molecule has 1 saturated heterocycles. The number of halogens is 6. The maximum absolute atomic E-state index is 12.8. The van der Waals surface area contributed by atoms with E-state index < -0.39 is 30.4 Å². The zero-order valence-corrected chi connectivity index (χ0v) is 11.7. The summed E-state index contributed by atoms with van der Waals surface area (Å²) < 4.78 is 75.5. The largest absolute Gasteiger partial charge is 0.416 e. The summed E-state index contributed by atoms with van der Waals surface area (Å²) in [6, 6.07) is 2.39. The number of primary amides is 1. The average molecular weight is 341 g/mol. The number of anilines is 1. The first-order valence-electron chi connectivity index (χ1n) is 6.52. The number of amides is 1. The molecule has 23 heavy (non-hydrogen) atoms. The number of hydrogen-bond acceptors (Lipinski definition) is 3. The van der Waals surface area contributed by atoms with Gasteiger partial charge in [0.05, 0.1) is 30.0 Å². The number of hydrogen-bond donors (Lipinski definition) is 1. The second-order valence-electron chi connectivity index (χ2n) is 5.17. The van der Waals surface area contributed by atoms with Crippen LogP contribution in [-0.2, 0) is 6.18 Å². The molecular weight excluding hydrogens is 328 g/mol. The predicted octanol–water partition coefficient (Wildman–Crippen LogP) is 2.45. The summed E-state index contributed by atoms with van der Waals surface area (Å²) in [5.41, 5.74) is 3.87. The van der Waals surface area contributed by atoms with Gasteiger partial charge >= 0.3 is 12.4 Å². The third-order valence-corrected chi connectivity index (χ3v) is 3.39. The first-order chi connectivity index (χ1) is 10.5. The Balaban J connectivity index is 2.29. The maximum atomic E-state index is 12.8. The minimum Gasteiger partial charge on any atom is -0.366 e. The van der Waals surface area contributed by atoms with E-state index in [1.54, 1.807) is 0 Å². The Bertz CT molecular complexity index is 598. The molecule has 4 nitrogen and oxygen atoms in total. The van der Waals surface area contributed by atoms with Crippen LogP contribution in [0.25, 0.3) is 0 Å². The zero-order valence-electron chi connectivity index (χ0n) is 11.7. The predicted molar refractivity (Wildman–Crippen MR) is 69.8 cm³/mol. The highest BCUT2D eigenvalue weighted by atomic mass is 19.4. The highest BCUT2D eigenvalue weighted by molar-refractivity contribution is 5.98. The zero-order chi connectivity index (χ0) is 17.4. The SMILES string of the molecule is NC(=O)c1ccc(C(F)(F)F)cc1N1CCN(CC(F)(F)F)C1. The minimum absolute atomic E-state index is 0.0218. The first-order valence-corrected chi connectivity index (χ1v) is 6.52. The molecule has 1 aliphatic heterocycles. The number of carbonyl (C=O) groups excluding carboxylic acids is 1. The monoisotopic (exact) mass is 341 g/mol. The Morgan fingerprint density at radius 1 is 1.13 bits per heavy atom. The van der Waals surface area contributed by atoms with Crippen LogP contribution in [0.3, 0.4) is 0 Å². The van der Waals surface area contributed by atoms with Gasteiger partial charge < -0.3 is 10.6 Å². The van der Waals surface area contributed by atoms with Crippen LogP contribution in [0, 0.1) is 0 Å². The fourth-order valence-corrected chi connectivity index (χ4v) is 2.40. The van der Waals surface area contributed by atoms with Crippen molar-refractivity contribution in [3.63, 3.8) is 0 Å². The molecule has 2 rings (SSSR count). The van der Waals surface area contributed by atoms with E-state index in [0.717, 1.165) is 17.0 Å². The van der Waals surface area contributed by atoms with Crippen LogP contribution in [0.2, 0.25) is 0 Å². The van der Waals surface area contributed by atoms with Gasteiger partial charge in [0.15, 0.2) is 0 Å². The van der Waals surface area contributed by atoms with Crippen molar-refractivity contribution < 1.29 is 31.1 Å². The summed E-state index contributed by atoms with van der Waals surface area (Å²) in [7, 11) is 0. The molecule has 0 radical (unpaired) electrons. The summed E-state index contributed by atoms with van der Waals surface area (Å²) in [6.45, 7) is -1.32. The molecule has 0 spiro atoms. The maximum Gasteiger partial charge on any atom is 0.416 e. The fraction of sp³-hybridized carbons (Fsp3) is 0.462. The summed E-state index contributed by atoms with van der Waals surface area (Å²) in [4.78, 5) is 13.7.